The second kappa shape index (κ2) is 7.52. The van der Waals surface area contributed by atoms with E-state index >= 15 is 0 Å². The van der Waals surface area contributed by atoms with Crippen LogP contribution in [0.3, 0.4) is 0 Å². The maximum Gasteiger partial charge on any atom is 0.330 e. The number of carbonyl (C=O) groups is 2. The molecule has 1 fully saturated rings. The van der Waals surface area contributed by atoms with E-state index in [0.717, 1.165) is 36.0 Å². The van der Waals surface area contributed by atoms with Crippen molar-refractivity contribution in [3.8, 4) is 5.75 Å². The lowest BCUT2D eigenvalue weighted by Crippen LogP contribution is -2.55. The Balaban J connectivity index is 1.66. The number of hydrogen-bond acceptors (Lipinski definition) is 4. The lowest BCUT2D eigenvalue weighted by Gasteiger charge is -2.30. The number of nitrogens with one attached hydrogen (secondary N) is 1. The van der Waals surface area contributed by atoms with Crippen molar-refractivity contribution in [2.24, 2.45) is 0 Å². The molecule has 0 heterocycles. The van der Waals surface area contributed by atoms with Gasteiger partial charge in [-0.05, 0) is 54.5 Å². The number of ether oxygens (including phenoxy) is 1. The number of aliphatic hydroxyl groups excluding tert-OH is 1. The molecule has 3 N–H and O–H groups in total. The van der Waals surface area contributed by atoms with Gasteiger partial charge in [0.1, 0.15) is 11.3 Å². The van der Waals surface area contributed by atoms with Gasteiger partial charge in [0.15, 0.2) is 0 Å². The molecule has 0 saturated heterocycles. The molecule has 0 spiro atoms. The van der Waals surface area contributed by atoms with E-state index in [0.29, 0.717) is 11.3 Å². The van der Waals surface area contributed by atoms with E-state index in [4.69, 9.17) is 4.74 Å². The Morgan fingerprint density at radius 2 is 1.83 bits per heavy atom. The number of fused-ring (bicyclic) bond motifs is 1. The first-order chi connectivity index (χ1) is 13.9. The molecule has 0 aliphatic heterocycles. The Bertz CT molecular complexity index is 939. The molecule has 2 aromatic carbocycles. The van der Waals surface area contributed by atoms with E-state index in [1.54, 1.807) is 12.1 Å². The fourth-order valence-electron chi connectivity index (χ4n) is 4.11. The molecule has 6 heteroatoms. The van der Waals surface area contributed by atoms with Crippen LogP contribution in [0.5, 0.6) is 5.75 Å². The maximum absolute atomic E-state index is 13.3. The minimum atomic E-state index is -1.39. The summed E-state index contributed by atoms with van der Waals surface area (Å²) in [6, 6.07) is 10.9. The number of carboxylic acids is 1. The Labute approximate surface area is 169 Å². The van der Waals surface area contributed by atoms with E-state index in [1.807, 2.05) is 31.2 Å². The number of amides is 1. The number of aliphatic carboxylic acids is 1. The van der Waals surface area contributed by atoms with Gasteiger partial charge in [-0.25, -0.2) is 4.79 Å². The van der Waals surface area contributed by atoms with Crippen LogP contribution in [0.4, 0.5) is 0 Å². The molecule has 0 atom stereocenters. The zero-order chi connectivity index (χ0) is 20.6. The van der Waals surface area contributed by atoms with Gasteiger partial charge in [-0.1, -0.05) is 30.3 Å². The van der Waals surface area contributed by atoms with Crippen LogP contribution in [0, 0.1) is 6.92 Å². The van der Waals surface area contributed by atoms with Crippen molar-refractivity contribution >= 4 is 11.9 Å². The molecule has 6 nitrogen and oxygen atoms in total. The first kappa shape index (κ1) is 19.5. The smallest absolute Gasteiger partial charge is 0.330 e. The number of aryl methyl sites for hydroxylation is 1. The van der Waals surface area contributed by atoms with Gasteiger partial charge in [0.2, 0.25) is 0 Å². The van der Waals surface area contributed by atoms with E-state index in [9.17, 15) is 19.8 Å². The summed E-state index contributed by atoms with van der Waals surface area (Å²) in [5, 5.41) is 22.3. The van der Waals surface area contributed by atoms with Crippen molar-refractivity contribution in [2.45, 2.75) is 57.3 Å². The minimum Gasteiger partial charge on any atom is -0.489 e. The topological polar surface area (TPSA) is 95.9 Å². The lowest BCUT2D eigenvalue weighted by atomic mass is 9.94. The summed E-state index contributed by atoms with van der Waals surface area (Å²) in [7, 11) is 0. The first-order valence-corrected chi connectivity index (χ1v) is 9.95. The van der Waals surface area contributed by atoms with Gasteiger partial charge in [0.25, 0.3) is 5.91 Å². The summed E-state index contributed by atoms with van der Waals surface area (Å²) in [6.45, 7) is 1.63. The van der Waals surface area contributed by atoms with E-state index in [2.05, 4.69) is 5.32 Å². The third-order valence-corrected chi connectivity index (χ3v) is 5.96. The number of hydrogen-bond donors (Lipinski definition) is 3. The van der Waals surface area contributed by atoms with Crippen molar-refractivity contribution in [2.75, 3.05) is 0 Å². The zero-order valence-corrected chi connectivity index (χ0v) is 16.4. The monoisotopic (exact) mass is 395 g/mol. The normalized spacial score (nSPS) is 17.3. The molecule has 152 valence electrons. The largest absolute Gasteiger partial charge is 0.489 e. The molecule has 4 rings (SSSR count). The highest BCUT2D eigenvalue weighted by Gasteiger charge is 2.45. The molecule has 1 saturated carbocycles. The Morgan fingerprint density at radius 1 is 1.17 bits per heavy atom. The van der Waals surface area contributed by atoms with Crippen LogP contribution < -0.4 is 10.1 Å². The van der Waals surface area contributed by atoms with Crippen molar-refractivity contribution in [3.63, 3.8) is 0 Å². The van der Waals surface area contributed by atoms with Gasteiger partial charge in [-0.2, -0.15) is 0 Å². The van der Waals surface area contributed by atoms with Gasteiger partial charge in [0, 0.05) is 12.8 Å². The molecule has 0 radical (unpaired) electrons. The highest BCUT2D eigenvalue weighted by Crippen LogP contribution is 2.34. The second-order valence-corrected chi connectivity index (χ2v) is 8.08. The van der Waals surface area contributed by atoms with Crippen molar-refractivity contribution in [1.29, 1.82) is 0 Å². The van der Waals surface area contributed by atoms with Crippen LogP contribution in [-0.4, -0.2) is 33.7 Å². The Kier molecular flexibility index (Phi) is 5.04. The Morgan fingerprint density at radius 3 is 2.34 bits per heavy atom. The van der Waals surface area contributed by atoms with Crippen molar-refractivity contribution in [3.05, 3.63) is 64.2 Å². The highest BCUT2D eigenvalue weighted by atomic mass is 16.5. The van der Waals surface area contributed by atoms with Crippen LogP contribution in [0.15, 0.2) is 36.4 Å². The third kappa shape index (κ3) is 3.60. The van der Waals surface area contributed by atoms with Crippen molar-refractivity contribution in [1.82, 2.24) is 5.32 Å². The summed E-state index contributed by atoms with van der Waals surface area (Å²) in [6.07, 6.45) is 3.53. The number of benzene rings is 2. The molecule has 2 aliphatic rings. The summed E-state index contributed by atoms with van der Waals surface area (Å²) in [4.78, 5) is 25.4. The summed E-state index contributed by atoms with van der Waals surface area (Å²) >= 11 is 0. The van der Waals surface area contributed by atoms with Crippen LogP contribution in [0.1, 0.15) is 51.9 Å². The quantitative estimate of drug-likeness (QED) is 0.699. The number of rotatable bonds is 6. The molecule has 0 unspecified atom stereocenters. The lowest BCUT2D eigenvalue weighted by molar-refractivity contribution is -0.144. The van der Waals surface area contributed by atoms with E-state index < -0.39 is 17.4 Å². The van der Waals surface area contributed by atoms with E-state index in [1.165, 1.54) is 0 Å². The van der Waals surface area contributed by atoms with Gasteiger partial charge in [-0.3, -0.25) is 4.79 Å². The number of carbonyl (C=O) groups excluding carboxylic acids is 1. The molecule has 0 aromatic heterocycles. The van der Waals surface area contributed by atoms with Crippen LogP contribution in [-0.2, 0) is 24.2 Å². The van der Waals surface area contributed by atoms with Gasteiger partial charge >= 0.3 is 5.97 Å². The molecule has 2 aromatic rings. The first-order valence-electron chi connectivity index (χ1n) is 9.95. The van der Waals surface area contributed by atoms with E-state index in [-0.39, 0.29) is 31.1 Å². The predicted molar refractivity (Wildman–Crippen MR) is 107 cm³/mol. The average Bonchev–Trinajstić information content (AvgIpc) is 3.04. The predicted octanol–water partition coefficient (Wildman–Crippen LogP) is 2.77. The van der Waals surface area contributed by atoms with Crippen LogP contribution in [0.25, 0.3) is 0 Å². The van der Waals surface area contributed by atoms with Gasteiger partial charge in [-0.15, -0.1) is 0 Å². The third-order valence-electron chi connectivity index (χ3n) is 5.96. The molecule has 29 heavy (non-hydrogen) atoms. The second-order valence-electron chi connectivity index (χ2n) is 8.08. The molecule has 1 amide bonds. The van der Waals surface area contributed by atoms with Gasteiger partial charge < -0.3 is 20.3 Å². The fourth-order valence-corrected chi connectivity index (χ4v) is 4.11. The maximum atomic E-state index is 13.3. The molecule has 2 aliphatic carbocycles. The number of aliphatic hydroxyl groups is 1. The van der Waals surface area contributed by atoms with Crippen LogP contribution >= 0.6 is 0 Å². The minimum absolute atomic E-state index is 0.0735. The van der Waals surface area contributed by atoms with Gasteiger partial charge in [0.05, 0.1) is 18.3 Å². The SMILES string of the molecule is Cc1cc(CO)cc(C(=O)NC2(C(=O)O)Cc3ccccc3C2)c1OC1CCC1. The summed E-state index contributed by atoms with van der Waals surface area (Å²) in [5.74, 6) is -1.08. The highest BCUT2D eigenvalue weighted by molar-refractivity contribution is 6.01. The standard InChI is InChI=1S/C23H25NO5/c1-14-9-15(13-25)10-19(20(14)29-18-7-4-8-18)21(26)24-23(22(27)28)11-16-5-2-3-6-17(16)12-23/h2-3,5-6,9-10,18,25H,4,7-8,11-13H2,1H3,(H,24,26)(H,27,28). The molecular formula is C23H25NO5. The summed E-state index contributed by atoms with van der Waals surface area (Å²) in [5.41, 5.74) is 2.10. The molecule has 0 bridgehead atoms. The van der Waals surface area contributed by atoms with Crippen molar-refractivity contribution < 1.29 is 24.5 Å². The average molecular weight is 395 g/mol. The Hall–Kier alpha value is -2.86. The fraction of sp³-hybridized carbons (Fsp3) is 0.391. The van der Waals surface area contributed by atoms with Crippen LogP contribution in [0.2, 0.25) is 0 Å². The summed E-state index contributed by atoms with van der Waals surface area (Å²) < 4.78 is 6.06. The molecular weight excluding hydrogens is 370 g/mol. The number of carboxylic acid groups (broad SMARTS) is 1. The zero-order valence-electron chi connectivity index (χ0n) is 16.4.